The highest BCUT2D eigenvalue weighted by atomic mass is 79.9. The number of nitrogens with zero attached hydrogens (tertiary/aromatic N) is 1. The van der Waals surface area contributed by atoms with Crippen LogP contribution in [0.4, 0.5) is 0 Å². The van der Waals surface area contributed by atoms with Gasteiger partial charge in [0.15, 0.2) is 0 Å². The monoisotopic (exact) mass is 387 g/mol. The van der Waals surface area contributed by atoms with E-state index in [-0.39, 0.29) is 11.2 Å². The molecule has 0 amide bonds. The van der Waals surface area contributed by atoms with E-state index in [4.69, 9.17) is 20.9 Å². The van der Waals surface area contributed by atoms with Gasteiger partial charge in [0.1, 0.15) is 9.76 Å². The maximum absolute atomic E-state index is 6.27. The van der Waals surface area contributed by atoms with E-state index in [2.05, 4.69) is 55.5 Å². The number of rotatable bonds is 4. The van der Waals surface area contributed by atoms with Gasteiger partial charge in [0.25, 0.3) is 0 Å². The lowest BCUT2D eigenvalue weighted by molar-refractivity contribution is 0.00578. The average Bonchev–Trinajstić information content (AvgIpc) is 2.60. The quantitative estimate of drug-likeness (QED) is 0.564. The Labute approximate surface area is 147 Å². The molecule has 2 heterocycles. The minimum atomic E-state index is -0.422. The molecule has 1 aromatic heterocycles. The Bertz CT molecular complexity index is 562. The Balaban J connectivity index is 2.49. The number of aromatic nitrogens is 1. The fourth-order valence-electron chi connectivity index (χ4n) is 2.56. The average molecular weight is 389 g/mol. The lowest BCUT2D eigenvalue weighted by atomic mass is 9.75. The molecule has 0 aliphatic carbocycles. The molecule has 0 radical (unpaired) electrons. The molecule has 1 saturated heterocycles. The lowest BCUT2D eigenvalue weighted by Gasteiger charge is -2.32. The zero-order chi connectivity index (χ0) is 16.7. The molecule has 0 atom stereocenters. The summed E-state index contributed by atoms with van der Waals surface area (Å²) in [5, 5.41) is 0.540. The van der Waals surface area contributed by atoms with Crippen molar-refractivity contribution in [3.63, 3.8) is 0 Å². The van der Waals surface area contributed by atoms with Crippen molar-refractivity contribution < 1.29 is 9.31 Å². The number of unbranched alkanes of at least 4 members (excludes halogenated alkanes) is 1. The molecule has 0 saturated carbocycles. The molecule has 22 heavy (non-hydrogen) atoms. The first-order chi connectivity index (χ1) is 10.1. The largest absolute Gasteiger partial charge is 0.497 e. The molecule has 3 nitrogen and oxygen atoms in total. The van der Waals surface area contributed by atoms with Crippen LogP contribution in [-0.2, 0) is 15.7 Å². The van der Waals surface area contributed by atoms with Crippen molar-refractivity contribution in [1.29, 1.82) is 0 Å². The van der Waals surface area contributed by atoms with E-state index in [9.17, 15) is 0 Å². The van der Waals surface area contributed by atoms with Crippen LogP contribution in [-0.4, -0.2) is 23.3 Å². The summed E-state index contributed by atoms with van der Waals surface area (Å²) in [6.45, 7) is 12.4. The minimum Gasteiger partial charge on any atom is -0.399 e. The molecule has 0 spiro atoms. The first-order valence-electron chi connectivity index (χ1n) is 7.80. The molecule has 122 valence electrons. The minimum absolute atomic E-state index is 0.368. The highest BCUT2D eigenvalue weighted by Crippen LogP contribution is 2.37. The van der Waals surface area contributed by atoms with Crippen molar-refractivity contribution in [2.75, 3.05) is 0 Å². The van der Waals surface area contributed by atoms with Gasteiger partial charge in [-0.3, -0.25) is 0 Å². The van der Waals surface area contributed by atoms with Gasteiger partial charge in [-0.1, -0.05) is 24.9 Å². The van der Waals surface area contributed by atoms with E-state index in [1.165, 1.54) is 5.56 Å². The molecule has 0 aromatic carbocycles. The van der Waals surface area contributed by atoms with Gasteiger partial charge >= 0.3 is 7.12 Å². The summed E-state index contributed by atoms with van der Waals surface area (Å²) in [6.07, 6.45) is 3.17. The van der Waals surface area contributed by atoms with Crippen LogP contribution in [0.15, 0.2) is 4.60 Å². The normalized spacial score (nSPS) is 19.7. The third-order valence-electron chi connectivity index (χ3n) is 4.78. The van der Waals surface area contributed by atoms with E-state index < -0.39 is 7.12 Å². The molecule has 1 fully saturated rings. The van der Waals surface area contributed by atoms with Crippen LogP contribution >= 0.6 is 27.5 Å². The molecule has 0 unspecified atom stereocenters. The second-order valence-electron chi connectivity index (χ2n) is 6.90. The summed E-state index contributed by atoms with van der Waals surface area (Å²) in [5.41, 5.74) is 2.45. The second kappa shape index (κ2) is 6.42. The Kier molecular flexibility index (Phi) is 5.33. The van der Waals surface area contributed by atoms with Gasteiger partial charge in [0.2, 0.25) is 0 Å². The van der Waals surface area contributed by atoms with Gasteiger partial charge < -0.3 is 9.31 Å². The first kappa shape index (κ1) is 18.2. The van der Waals surface area contributed by atoms with Crippen LogP contribution < -0.4 is 5.46 Å². The van der Waals surface area contributed by atoms with Crippen molar-refractivity contribution in [3.05, 3.63) is 20.9 Å². The Morgan fingerprint density at radius 2 is 1.73 bits per heavy atom. The highest BCUT2D eigenvalue weighted by molar-refractivity contribution is 9.10. The predicted molar refractivity (Wildman–Crippen MR) is 96.0 cm³/mol. The van der Waals surface area contributed by atoms with Crippen LogP contribution in [0.3, 0.4) is 0 Å². The topological polar surface area (TPSA) is 31.4 Å². The number of pyridine rings is 1. The zero-order valence-corrected chi connectivity index (χ0v) is 16.6. The van der Waals surface area contributed by atoms with Crippen molar-refractivity contribution >= 4 is 40.1 Å². The van der Waals surface area contributed by atoms with E-state index in [0.29, 0.717) is 9.76 Å². The van der Waals surface area contributed by atoms with Crippen LogP contribution in [0, 0.1) is 6.92 Å². The lowest BCUT2D eigenvalue weighted by Crippen LogP contribution is -2.41. The standard InChI is InChI=1S/C16H24BBrClNO2/c1-7-8-9-11-10(2)14(19)20-13(18)12(11)17-21-15(3,4)16(5,6)22-17/h7-9H2,1-6H3. The van der Waals surface area contributed by atoms with E-state index in [0.717, 1.165) is 30.3 Å². The predicted octanol–water partition coefficient (Wildman–Crippen LogP) is 4.45. The number of hydrogen-bond acceptors (Lipinski definition) is 3. The Hall–Kier alpha value is -0.0951. The summed E-state index contributed by atoms with van der Waals surface area (Å²) < 4.78 is 13.1. The SMILES string of the molecule is CCCCc1c(C)c(Cl)nc(Br)c1B1OC(C)(C)C(C)(C)O1. The molecular formula is C16H24BBrClNO2. The second-order valence-corrected chi connectivity index (χ2v) is 8.01. The Morgan fingerprint density at radius 1 is 1.18 bits per heavy atom. The summed E-state index contributed by atoms with van der Waals surface area (Å²) in [4.78, 5) is 4.40. The van der Waals surface area contributed by atoms with Gasteiger partial charge in [-0.15, -0.1) is 0 Å². The first-order valence-corrected chi connectivity index (χ1v) is 8.98. The van der Waals surface area contributed by atoms with Crippen molar-refractivity contribution in [2.45, 2.75) is 72.0 Å². The van der Waals surface area contributed by atoms with Crippen LogP contribution in [0.25, 0.3) is 0 Å². The van der Waals surface area contributed by atoms with Gasteiger partial charge in [-0.2, -0.15) is 0 Å². The molecular weight excluding hydrogens is 364 g/mol. The summed E-state index contributed by atoms with van der Waals surface area (Å²) in [5.74, 6) is 0. The summed E-state index contributed by atoms with van der Waals surface area (Å²) in [6, 6.07) is 0. The number of hydrogen-bond donors (Lipinski definition) is 0. The van der Waals surface area contributed by atoms with Gasteiger partial charge in [0, 0.05) is 5.46 Å². The molecule has 0 N–H and O–H groups in total. The molecule has 6 heteroatoms. The summed E-state index contributed by atoms with van der Waals surface area (Å²) in [7, 11) is -0.422. The van der Waals surface area contributed by atoms with Crippen molar-refractivity contribution in [3.8, 4) is 0 Å². The third kappa shape index (κ3) is 3.23. The molecule has 1 aliphatic rings. The van der Waals surface area contributed by atoms with Crippen LogP contribution in [0.1, 0.15) is 58.6 Å². The van der Waals surface area contributed by atoms with E-state index in [1.54, 1.807) is 0 Å². The van der Waals surface area contributed by atoms with Gasteiger partial charge in [0.05, 0.1) is 11.2 Å². The van der Waals surface area contributed by atoms with Crippen LogP contribution in [0.2, 0.25) is 5.15 Å². The zero-order valence-electron chi connectivity index (χ0n) is 14.2. The molecule has 2 rings (SSSR count). The molecule has 1 aliphatic heterocycles. The fraction of sp³-hybridized carbons (Fsp3) is 0.688. The van der Waals surface area contributed by atoms with E-state index in [1.807, 2.05) is 6.92 Å². The van der Waals surface area contributed by atoms with Crippen molar-refractivity contribution in [1.82, 2.24) is 4.98 Å². The van der Waals surface area contributed by atoms with Gasteiger partial charge in [-0.05, 0) is 74.5 Å². The third-order valence-corrected chi connectivity index (χ3v) is 5.75. The van der Waals surface area contributed by atoms with E-state index >= 15 is 0 Å². The smallest absolute Gasteiger partial charge is 0.399 e. The van der Waals surface area contributed by atoms with Crippen LogP contribution in [0.5, 0.6) is 0 Å². The summed E-state index contributed by atoms with van der Waals surface area (Å²) >= 11 is 9.82. The fourth-order valence-corrected chi connectivity index (χ4v) is 3.46. The van der Waals surface area contributed by atoms with Crippen molar-refractivity contribution in [2.24, 2.45) is 0 Å². The number of halogens is 2. The Morgan fingerprint density at radius 3 is 2.23 bits per heavy atom. The molecule has 0 bridgehead atoms. The molecule has 1 aromatic rings. The van der Waals surface area contributed by atoms with Gasteiger partial charge in [-0.25, -0.2) is 4.98 Å². The maximum atomic E-state index is 6.27. The highest BCUT2D eigenvalue weighted by Gasteiger charge is 2.53. The maximum Gasteiger partial charge on any atom is 0.497 e.